The number of nitrogens with zero attached hydrogens (tertiary/aromatic N) is 3. The number of hydrogen-bond donors (Lipinski definition) is 0. The number of amides is 1. The Morgan fingerprint density at radius 1 is 1.07 bits per heavy atom. The van der Waals surface area contributed by atoms with Gasteiger partial charge in [0.25, 0.3) is 5.91 Å². The molecule has 2 aliphatic rings. The third-order valence-electron chi connectivity index (χ3n) is 5.31. The Hall–Kier alpha value is -2.28. The van der Waals surface area contributed by atoms with Crippen LogP contribution >= 0.6 is 12.2 Å². The maximum absolute atomic E-state index is 13.4. The van der Waals surface area contributed by atoms with E-state index in [1.807, 2.05) is 49.4 Å². The zero-order chi connectivity index (χ0) is 19.5. The summed E-state index contributed by atoms with van der Waals surface area (Å²) in [4.78, 5) is 19.5. The van der Waals surface area contributed by atoms with E-state index in [9.17, 15) is 4.79 Å². The minimum absolute atomic E-state index is 0.0488. The van der Waals surface area contributed by atoms with E-state index in [-0.39, 0.29) is 11.9 Å². The molecule has 0 saturated carbocycles. The molecular weight excluding hydrogens is 370 g/mol. The maximum Gasteiger partial charge on any atom is 0.256 e. The van der Waals surface area contributed by atoms with Gasteiger partial charge in [-0.2, -0.15) is 0 Å². The number of carbonyl (C=O) groups excluding carboxylic acids is 1. The lowest BCUT2D eigenvalue weighted by Gasteiger charge is -2.33. The summed E-state index contributed by atoms with van der Waals surface area (Å²) in [5.74, 6) is 0.0488. The highest BCUT2D eigenvalue weighted by atomic mass is 32.1. The second-order valence-corrected chi connectivity index (χ2v) is 7.71. The first-order chi connectivity index (χ1) is 13.6. The molecule has 2 saturated heterocycles. The maximum atomic E-state index is 13.4. The predicted octanol–water partition coefficient (Wildman–Crippen LogP) is 2.83. The first-order valence-corrected chi connectivity index (χ1v) is 10.1. The number of anilines is 1. The van der Waals surface area contributed by atoms with Gasteiger partial charge in [0.05, 0.1) is 25.6 Å². The van der Waals surface area contributed by atoms with Crippen molar-refractivity contribution in [3.05, 3.63) is 65.7 Å². The average molecular weight is 396 g/mol. The Balaban J connectivity index is 1.63. The van der Waals surface area contributed by atoms with E-state index in [1.165, 1.54) is 0 Å². The smallest absolute Gasteiger partial charge is 0.256 e. The number of thiocarbonyl (C=S) groups is 1. The molecule has 146 valence electrons. The molecule has 2 heterocycles. The Labute approximate surface area is 171 Å². The van der Waals surface area contributed by atoms with E-state index >= 15 is 0 Å². The van der Waals surface area contributed by atoms with Crippen molar-refractivity contribution >= 4 is 28.9 Å². The molecule has 28 heavy (non-hydrogen) atoms. The largest absolute Gasteiger partial charge is 0.379 e. The molecule has 2 aliphatic heterocycles. The molecule has 1 amide bonds. The fourth-order valence-electron chi connectivity index (χ4n) is 3.80. The normalized spacial score (nSPS) is 20.8. The van der Waals surface area contributed by atoms with Crippen molar-refractivity contribution in [1.29, 1.82) is 0 Å². The number of benzene rings is 2. The summed E-state index contributed by atoms with van der Waals surface area (Å²) in [5.41, 5.74) is 3.10. The molecular formula is C22H25N3O2S. The topological polar surface area (TPSA) is 36.0 Å². The van der Waals surface area contributed by atoms with Gasteiger partial charge >= 0.3 is 0 Å². The summed E-state index contributed by atoms with van der Waals surface area (Å²) in [5, 5.41) is 0.586. The number of morpholine rings is 1. The Kier molecular flexibility index (Phi) is 5.71. The Morgan fingerprint density at radius 2 is 1.82 bits per heavy atom. The van der Waals surface area contributed by atoms with Gasteiger partial charge in [0.15, 0.2) is 5.11 Å². The van der Waals surface area contributed by atoms with E-state index in [0.29, 0.717) is 18.2 Å². The average Bonchev–Trinajstić information content (AvgIpc) is 2.93. The molecule has 0 spiro atoms. The van der Waals surface area contributed by atoms with E-state index < -0.39 is 0 Å². The van der Waals surface area contributed by atoms with Gasteiger partial charge in [-0.1, -0.05) is 42.5 Å². The van der Waals surface area contributed by atoms with Crippen LogP contribution in [-0.4, -0.2) is 59.8 Å². The van der Waals surface area contributed by atoms with Crippen molar-refractivity contribution in [3.8, 4) is 0 Å². The molecule has 2 aromatic rings. The van der Waals surface area contributed by atoms with Crippen molar-refractivity contribution in [3.63, 3.8) is 0 Å². The minimum Gasteiger partial charge on any atom is -0.379 e. The van der Waals surface area contributed by atoms with Crippen LogP contribution in [0.4, 0.5) is 5.69 Å². The van der Waals surface area contributed by atoms with Crippen molar-refractivity contribution in [2.75, 3.05) is 37.9 Å². The lowest BCUT2D eigenvalue weighted by molar-refractivity contribution is -0.120. The summed E-state index contributed by atoms with van der Waals surface area (Å²) in [6, 6.07) is 17.8. The van der Waals surface area contributed by atoms with E-state index in [4.69, 9.17) is 17.0 Å². The third kappa shape index (κ3) is 3.94. The van der Waals surface area contributed by atoms with E-state index in [1.54, 1.807) is 4.90 Å². The Morgan fingerprint density at radius 3 is 2.54 bits per heavy atom. The second kappa shape index (κ2) is 8.39. The van der Waals surface area contributed by atoms with Crippen LogP contribution in [0.5, 0.6) is 0 Å². The summed E-state index contributed by atoms with van der Waals surface area (Å²) in [7, 11) is 0. The van der Waals surface area contributed by atoms with Gasteiger partial charge in [-0.25, -0.2) is 0 Å². The molecule has 0 aromatic heterocycles. The van der Waals surface area contributed by atoms with Crippen molar-refractivity contribution in [2.24, 2.45) is 0 Å². The van der Waals surface area contributed by atoms with Crippen molar-refractivity contribution in [2.45, 2.75) is 19.4 Å². The number of hydrogen-bond acceptors (Lipinski definition) is 4. The monoisotopic (exact) mass is 395 g/mol. The van der Waals surface area contributed by atoms with Crippen molar-refractivity contribution in [1.82, 2.24) is 9.80 Å². The summed E-state index contributed by atoms with van der Waals surface area (Å²) < 4.78 is 5.47. The number of carbonyl (C=O) groups is 1. The fraction of sp³-hybridized carbons (Fsp3) is 0.364. The molecule has 2 aromatic carbocycles. The number of aryl methyl sites for hydroxylation is 1. The van der Waals surface area contributed by atoms with Gasteiger partial charge in [0, 0.05) is 19.5 Å². The van der Waals surface area contributed by atoms with Crippen LogP contribution in [0, 0.1) is 6.92 Å². The van der Waals surface area contributed by atoms with Crippen LogP contribution in [0.2, 0.25) is 0 Å². The van der Waals surface area contributed by atoms with Gasteiger partial charge in [-0.15, -0.1) is 0 Å². The molecule has 0 unspecified atom stereocenters. The van der Waals surface area contributed by atoms with Gasteiger partial charge in [-0.05, 0) is 42.4 Å². The Bertz CT molecular complexity index is 852. The summed E-state index contributed by atoms with van der Waals surface area (Å²) >= 11 is 5.80. The van der Waals surface area contributed by atoms with Gasteiger partial charge < -0.3 is 9.64 Å². The summed E-state index contributed by atoms with van der Waals surface area (Å²) in [6.45, 7) is 5.83. The van der Waals surface area contributed by atoms with Crippen LogP contribution in [0.15, 0.2) is 54.6 Å². The van der Waals surface area contributed by atoms with Crippen LogP contribution in [-0.2, 0) is 16.0 Å². The molecule has 0 aliphatic carbocycles. The van der Waals surface area contributed by atoms with Crippen LogP contribution in [0.25, 0.3) is 0 Å². The number of rotatable bonds is 5. The third-order valence-corrected chi connectivity index (χ3v) is 5.72. The van der Waals surface area contributed by atoms with E-state index in [2.05, 4.69) is 21.9 Å². The summed E-state index contributed by atoms with van der Waals surface area (Å²) in [6.07, 6.45) is 0.645. The molecule has 1 atom stereocenters. The highest BCUT2D eigenvalue weighted by Gasteiger charge is 2.43. The lowest BCUT2D eigenvalue weighted by Crippen LogP contribution is -2.48. The first kappa shape index (κ1) is 19.1. The SMILES string of the molecule is Cc1cccc(N2C(=O)[C@@H](Cc3ccccc3)N(CN3CCOCC3)C2=S)c1. The zero-order valence-corrected chi connectivity index (χ0v) is 16.9. The quantitative estimate of drug-likeness (QED) is 0.728. The van der Waals surface area contributed by atoms with Crippen LogP contribution < -0.4 is 4.90 Å². The highest BCUT2D eigenvalue weighted by molar-refractivity contribution is 7.80. The molecule has 2 fully saturated rings. The highest BCUT2D eigenvalue weighted by Crippen LogP contribution is 2.28. The van der Waals surface area contributed by atoms with Crippen molar-refractivity contribution < 1.29 is 9.53 Å². The lowest BCUT2D eigenvalue weighted by atomic mass is 10.1. The molecule has 0 radical (unpaired) electrons. The number of ether oxygens (including phenoxy) is 1. The van der Waals surface area contributed by atoms with Gasteiger partial charge in [0.1, 0.15) is 6.04 Å². The predicted molar refractivity (Wildman–Crippen MR) is 114 cm³/mol. The fourth-order valence-corrected chi connectivity index (χ4v) is 4.18. The standard InChI is InChI=1S/C22H25N3O2S/c1-17-6-5-9-19(14-17)25-21(26)20(15-18-7-3-2-4-8-18)24(22(25)28)16-23-10-12-27-13-11-23/h2-9,14,20H,10-13,15-16H2,1H3/t20-/m1/s1. The molecule has 6 heteroatoms. The zero-order valence-electron chi connectivity index (χ0n) is 16.1. The molecule has 4 rings (SSSR count). The molecule has 5 nitrogen and oxygen atoms in total. The van der Waals surface area contributed by atoms with Crippen LogP contribution in [0.1, 0.15) is 11.1 Å². The first-order valence-electron chi connectivity index (χ1n) is 9.69. The van der Waals surface area contributed by atoms with Crippen LogP contribution in [0.3, 0.4) is 0 Å². The minimum atomic E-state index is -0.293. The van der Waals surface area contributed by atoms with Gasteiger partial charge in [-0.3, -0.25) is 14.6 Å². The molecule has 0 N–H and O–H groups in total. The van der Waals surface area contributed by atoms with Gasteiger partial charge in [0.2, 0.25) is 0 Å². The second-order valence-electron chi connectivity index (χ2n) is 7.34. The van der Waals surface area contributed by atoms with E-state index in [0.717, 1.165) is 43.1 Å². The molecule has 0 bridgehead atoms.